The van der Waals surface area contributed by atoms with Gasteiger partial charge in [0.25, 0.3) is 11.6 Å². The van der Waals surface area contributed by atoms with Crippen LogP contribution in [0.15, 0.2) is 40.9 Å². The average Bonchev–Trinajstić information content (AvgIpc) is 2.42. The molecule has 0 atom stereocenters. The van der Waals surface area contributed by atoms with Gasteiger partial charge in [0.2, 0.25) is 0 Å². The second-order valence-electron chi connectivity index (χ2n) is 4.00. The fourth-order valence-electron chi connectivity index (χ4n) is 1.58. The van der Waals surface area contributed by atoms with Crippen LogP contribution in [0.2, 0.25) is 5.02 Å². The van der Waals surface area contributed by atoms with E-state index in [4.69, 9.17) is 11.6 Å². The standard InChI is InChI=1S/C13H7BrClFN2O3/c14-9-6-8(16)2-4-11(9)17-13(19)7-1-3-10(15)12(5-7)18(20)21/h1-6H,(H,17,19). The molecule has 0 aliphatic rings. The van der Waals surface area contributed by atoms with E-state index in [9.17, 15) is 19.3 Å². The summed E-state index contributed by atoms with van der Waals surface area (Å²) in [6, 6.07) is 7.47. The van der Waals surface area contributed by atoms with Crippen LogP contribution in [0.25, 0.3) is 0 Å². The molecule has 0 aliphatic carbocycles. The zero-order chi connectivity index (χ0) is 15.6. The molecule has 1 amide bonds. The Labute approximate surface area is 132 Å². The third kappa shape index (κ3) is 3.56. The van der Waals surface area contributed by atoms with Gasteiger partial charge in [0, 0.05) is 16.1 Å². The maximum absolute atomic E-state index is 13.0. The van der Waals surface area contributed by atoms with Crippen molar-refractivity contribution in [2.75, 3.05) is 5.32 Å². The predicted molar refractivity (Wildman–Crippen MR) is 80.2 cm³/mol. The van der Waals surface area contributed by atoms with Crippen LogP contribution >= 0.6 is 27.5 Å². The lowest BCUT2D eigenvalue weighted by Crippen LogP contribution is -2.12. The molecule has 1 N–H and O–H groups in total. The zero-order valence-corrected chi connectivity index (χ0v) is 12.6. The molecule has 5 nitrogen and oxygen atoms in total. The van der Waals surface area contributed by atoms with E-state index in [1.54, 1.807) is 0 Å². The number of rotatable bonds is 3. The first kappa shape index (κ1) is 15.4. The lowest BCUT2D eigenvalue weighted by atomic mass is 10.2. The Kier molecular flexibility index (Phi) is 4.54. The van der Waals surface area contributed by atoms with Gasteiger partial charge in [0.1, 0.15) is 10.8 Å². The molecule has 0 bridgehead atoms. The SMILES string of the molecule is O=C(Nc1ccc(F)cc1Br)c1ccc(Cl)c([N+](=O)[O-])c1. The van der Waals surface area contributed by atoms with Crippen molar-refractivity contribution in [2.24, 2.45) is 0 Å². The Morgan fingerprint density at radius 3 is 2.62 bits per heavy atom. The van der Waals surface area contributed by atoms with E-state index < -0.39 is 16.6 Å². The van der Waals surface area contributed by atoms with Crippen LogP contribution in [-0.4, -0.2) is 10.8 Å². The monoisotopic (exact) mass is 372 g/mol. The molecule has 2 rings (SSSR count). The summed E-state index contributed by atoms with van der Waals surface area (Å²) in [5.74, 6) is -1.02. The van der Waals surface area contributed by atoms with E-state index in [1.165, 1.54) is 30.3 Å². The molecule has 21 heavy (non-hydrogen) atoms. The van der Waals surface area contributed by atoms with E-state index >= 15 is 0 Å². The lowest BCUT2D eigenvalue weighted by molar-refractivity contribution is -0.384. The molecule has 0 heterocycles. The van der Waals surface area contributed by atoms with Gasteiger partial charge in [-0.05, 0) is 46.3 Å². The van der Waals surface area contributed by atoms with E-state index in [0.29, 0.717) is 10.2 Å². The first-order valence-electron chi connectivity index (χ1n) is 5.59. The number of carbonyl (C=O) groups is 1. The van der Waals surface area contributed by atoms with Crippen molar-refractivity contribution in [3.05, 3.63) is 67.4 Å². The van der Waals surface area contributed by atoms with Crippen molar-refractivity contribution in [1.82, 2.24) is 0 Å². The van der Waals surface area contributed by atoms with E-state index in [1.807, 2.05) is 0 Å². The van der Waals surface area contributed by atoms with Crippen LogP contribution in [0.5, 0.6) is 0 Å². The second kappa shape index (κ2) is 6.19. The summed E-state index contributed by atoms with van der Waals surface area (Å²) in [6.45, 7) is 0. The Balaban J connectivity index is 2.28. The number of hydrogen-bond acceptors (Lipinski definition) is 3. The van der Waals surface area contributed by atoms with Crippen molar-refractivity contribution in [3.8, 4) is 0 Å². The number of halogens is 3. The molecule has 0 fully saturated rings. The summed E-state index contributed by atoms with van der Waals surface area (Å²) in [6.07, 6.45) is 0. The van der Waals surface area contributed by atoms with E-state index in [-0.39, 0.29) is 16.3 Å². The Morgan fingerprint density at radius 1 is 1.29 bits per heavy atom. The number of carbonyl (C=O) groups excluding carboxylic acids is 1. The van der Waals surface area contributed by atoms with Crippen molar-refractivity contribution in [2.45, 2.75) is 0 Å². The number of amides is 1. The van der Waals surface area contributed by atoms with Gasteiger partial charge in [0.15, 0.2) is 0 Å². The summed E-state index contributed by atoms with van der Waals surface area (Å²) in [5, 5.41) is 13.3. The Morgan fingerprint density at radius 2 is 2.00 bits per heavy atom. The van der Waals surface area contributed by atoms with Gasteiger partial charge in [0.05, 0.1) is 10.6 Å². The molecule has 0 aliphatic heterocycles. The minimum atomic E-state index is -0.674. The largest absolute Gasteiger partial charge is 0.321 e. The maximum Gasteiger partial charge on any atom is 0.288 e. The van der Waals surface area contributed by atoms with Gasteiger partial charge in [-0.15, -0.1) is 0 Å². The van der Waals surface area contributed by atoms with Crippen molar-refractivity contribution < 1.29 is 14.1 Å². The highest BCUT2D eigenvalue weighted by Gasteiger charge is 2.17. The van der Waals surface area contributed by atoms with Crippen molar-refractivity contribution in [3.63, 3.8) is 0 Å². The highest BCUT2D eigenvalue weighted by atomic mass is 79.9. The number of nitrogens with zero attached hydrogens (tertiary/aromatic N) is 1. The highest BCUT2D eigenvalue weighted by Crippen LogP contribution is 2.27. The quantitative estimate of drug-likeness (QED) is 0.640. The van der Waals surface area contributed by atoms with Gasteiger partial charge in [-0.25, -0.2) is 4.39 Å². The van der Waals surface area contributed by atoms with Gasteiger partial charge >= 0.3 is 0 Å². The van der Waals surface area contributed by atoms with Crippen LogP contribution in [0.3, 0.4) is 0 Å². The molecule has 108 valence electrons. The smallest absolute Gasteiger partial charge is 0.288 e. The first-order valence-corrected chi connectivity index (χ1v) is 6.76. The molecular formula is C13H7BrClFN2O3. The Bertz CT molecular complexity index is 739. The van der Waals surface area contributed by atoms with Crippen molar-refractivity contribution in [1.29, 1.82) is 0 Å². The number of anilines is 1. The van der Waals surface area contributed by atoms with Crippen LogP contribution in [0, 0.1) is 15.9 Å². The molecule has 2 aromatic carbocycles. The van der Waals surface area contributed by atoms with Crippen LogP contribution < -0.4 is 5.32 Å². The second-order valence-corrected chi connectivity index (χ2v) is 5.26. The molecule has 0 unspecified atom stereocenters. The van der Waals surface area contributed by atoms with Crippen LogP contribution in [0.1, 0.15) is 10.4 Å². The molecular weight excluding hydrogens is 367 g/mol. The molecule has 0 aromatic heterocycles. The minimum Gasteiger partial charge on any atom is -0.321 e. The van der Waals surface area contributed by atoms with E-state index in [2.05, 4.69) is 21.2 Å². The predicted octanol–water partition coefficient (Wildman–Crippen LogP) is 4.40. The van der Waals surface area contributed by atoms with Gasteiger partial charge in [-0.1, -0.05) is 11.6 Å². The van der Waals surface area contributed by atoms with Gasteiger partial charge in [-0.2, -0.15) is 0 Å². The maximum atomic E-state index is 13.0. The summed E-state index contributed by atoms with van der Waals surface area (Å²) < 4.78 is 13.3. The van der Waals surface area contributed by atoms with Crippen molar-refractivity contribution >= 4 is 44.8 Å². The Hall–Kier alpha value is -1.99. The fourth-order valence-corrected chi connectivity index (χ4v) is 2.22. The molecule has 0 saturated carbocycles. The number of nitro groups is 1. The van der Waals surface area contributed by atoms with Gasteiger partial charge < -0.3 is 5.32 Å². The molecule has 0 spiro atoms. The fraction of sp³-hybridized carbons (Fsp3) is 0. The number of nitrogens with one attached hydrogen (secondary N) is 1. The zero-order valence-electron chi connectivity index (χ0n) is 10.3. The van der Waals surface area contributed by atoms with Gasteiger partial charge in [-0.3, -0.25) is 14.9 Å². The highest BCUT2D eigenvalue weighted by molar-refractivity contribution is 9.10. The number of benzene rings is 2. The minimum absolute atomic E-state index is 0.0560. The third-order valence-corrected chi connectivity index (χ3v) is 3.56. The number of hydrogen-bond donors (Lipinski definition) is 1. The molecule has 0 saturated heterocycles. The summed E-state index contributed by atoms with van der Waals surface area (Å²) in [5.41, 5.74) is 0.0591. The average molecular weight is 374 g/mol. The molecule has 2 aromatic rings. The topological polar surface area (TPSA) is 72.2 Å². The van der Waals surface area contributed by atoms with Crippen LogP contribution in [0.4, 0.5) is 15.8 Å². The van der Waals surface area contributed by atoms with Crippen LogP contribution in [-0.2, 0) is 0 Å². The molecule has 0 radical (unpaired) electrons. The summed E-state index contributed by atoms with van der Waals surface area (Å²) in [4.78, 5) is 22.2. The molecule has 8 heteroatoms. The van der Waals surface area contributed by atoms with E-state index in [0.717, 1.165) is 6.07 Å². The summed E-state index contributed by atoms with van der Waals surface area (Å²) >= 11 is 8.79. The normalized spacial score (nSPS) is 10.2. The summed E-state index contributed by atoms with van der Waals surface area (Å²) in [7, 11) is 0. The third-order valence-electron chi connectivity index (χ3n) is 2.58. The lowest BCUT2D eigenvalue weighted by Gasteiger charge is -2.07. The number of nitro benzene ring substituents is 1. The first-order chi connectivity index (χ1) is 9.88.